The molecular weight excluding hydrogens is 444 g/mol. The first-order chi connectivity index (χ1) is 16.5. The molecule has 0 radical (unpaired) electrons. The van der Waals surface area contributed by atoms with Gasteiger partial charge in [-0.2, -0.15) is 0 Å². The van der Waals surface area contributed by atoms with Crippen LogP contribution in [0.2, 0.25) is 0 Å². The first kappa shape index (κ1) is 24.8. The third-order valence-electron chi connectivity index (χ3n) is 7.13. The Hall–Kier alpha value is -3.35. The lowest BCUT2D eigenvalue weighted by Crippen LogP contribution is -2.55. The van der Waals surface area contributed by atoms with Crippen LogP contribution in [0.1, 0.15) is 64.0 Å². The minimum atomic E-state index is -1.06. The maximum absolute atomic E-state index is 13.2. The van der Waals surface area contributed by atoms with Gasteiger partial charge in [0.2, 0.25) is 5.91 Å². The van der Waals surface area contributed by atoms with Crippen LogP contribution in [-0.4, -0.2) is 52.2 Å². The third-order valence-corrected chi connectivity index (χ3v) is 7.13. The van der Waals surface area contributed by atoms with Gasteiger partial charge in [0.25, 0.3) is 0 Å². The molecule has 2 aliphatic rings. The van der Waals surface area contributed by atoms with E-state index >= 15 is 0 Å². The minimum Gasteiger partial charge on any atom is -0.480 e. The van der Waals surface area contributed by atoms with Crippen LogP contribution in [0.15, 0.2) is 48.5 Å². The number of carboxylic acid groups (broad SMARTS) is 1. The van der Waals surface area contributed by atoms with Gasteiger partial charge in [-0.15, -0.1) is 0 Å². The number of nitrogens with zero attached hydrogens (tertiary/aromatic N) is 1. The van der Waals surface area contributed by atoms with E-state index in [1.54, 1.807) is 20.8 Å². The molecule has 7 nitrogen and oxygen atoms in total. The van der Waals surface area contributed by atoms with Crippen molar-refractivity contribution in [2.75, 3.05) is 13.2 Å². The van der Waals surface area contributed by atoms with Crippen LogP contribution in [0.4, 0.5) is 4.79 Å². The molecule has 0 heterocycles. The molecule has 0 bridgehead atoms. The third kappa shape index (κ3) is 5.34. The number of carbonyl (C=O) groups excluding carboxylic acids is 2. The molecule has 186 valence electrons. The normalized spacial score (nSPS) is 16.6. The van der Waals surface area contributed by atoms with Gasteiger partial charge in [0.1, 0.15) is 13.2 Å². The van der Waals surface area contributed by atoms with Crippen LogP contribution >= 0.6 is 0 Å². The Labute approximate surface area is 206 Å². The molecule has 7 heteroatoms. The predicted molar refractivity (Wildman–Crippen MR) is 133 cm³/mol. The molecular formula is C28H34N2O5. The van der Waals surface area contributed by atoms with Crippen molar-refractivity contribution in [2.45, 2.75) is 64.0 Å². The lowest BCUT2D eigenvalue weighted by atomic mass is 9.90. The molecule has 2 N–H and O–H groups in total. The number of hydrogen-bond donors (Lipinski definition) is 2. The molecule has 1 unspecified atom stereocenters. The predicted octanol–water partition coefficient (Wildman–Crippen LogP) is 4.80. The number of alkyl carbamates (subject to hydrolysis) is 1. The highest BCUT2D eigenvalue weighted by Gasteiger charge is 2.46. The Kier molecular flexibility index (Phi) is 6.62. The van der Waals surface area contributed by atoms with E-state index in [0.717, 1.165) is 35.1 Å². The number of rotatable bonds is 8. The molecule has 1 saturated carbocycles. The largest absolute Gasteiger partial charge is 0.480 e. The number of nitrogens with one attached hydrogen (secondary N) is 1. The zero-order chi connectivity index (χ0) is 25.4. The van der Waals surface area contributed by atoms with Crippen molar-refractivity contribution in [2.24, 2.45) is 5.92 Å². The van der Waals surface area contributed by atoms with Crippen molar-refractivity contribution in [3.8, 4) is 11.1 Å². The van der Waals surface area contributed by atoms with Gasteiger partial charge in [-0.25, -0.2) is 4.79 Å². The molecule has 2 amide bonds. The monoisotopic (exact) mass is 478 g/mol. The molecule has 0 spiro atoms. The van der Waals surface area contributed by atoms with Gasteiger partial charge in [0, 0.05) is 11.5 Å². The average Bonchev–Trinajstić information content (AvgIpc) is 3.59. The Bertz CT molecular complexity index is 1090. The van der Waals surface area contributed by atoms with E-state index in [0.29, 0.717) is 0 Å². The molecule has 2 aromatic carbocycles. The molecule has 35 heavy (non-hydrogen) atoms. The Morgan fingerprint density at radius 3 is 2.00 bits per heavy atom. The number of amides is 2. The second kappa shape index (κ2) is 9.36. The lowest BCUT2D eigenvalue weighted by Gasteiger charge is -2.38. The van der Waals surface area contributed by atoms with E-state index in [9.17, 15) is 19.5 Å². The van der Waals surface area contributed by atoms with E-state index in [1.165, 1.54) is 4.90 Å². The van der Waals surface area contributed by atoms with Gasteiger partial charge < -0.3 is 20.1 Å². The average molecular weight is 479 g/mol. The minimum absolute atomic E-state index is 0.0203. The van der Waals surface area contributed by atoms with Crippen molar-refractivity contribution in [3.63, 3.8) is 0 Å². The van der Waals surface area contributed by atoms with Crippen molar-refractivity contribution in [1.29, 1.82) is 0 Å². The number of carbonyl (C=O) groups is 3. The first-order valence-electron chi connectivity index (χ1n) is 12.1. The fraction of sp³-hybridized carbons (Fsp3) is 0.464. The molecule has 2 aromatic rings. The number of fused-ring (bicyclic) bond motifs is 3. The summed E-state index contributed by atoms with van der Waals surface area (Å²) < 4.78 is 5.72. The van der Waals surface area contributed by atoms with E-state index in [2.05, 4.69) is 29.6 Å². The van der Waals surface area contributed by atoms with E-state index in [-0.39, 0.29) is 37.3 Å². The summed E-state index contributed by atoms with van der Waals surface area (Å²) in [6.45, 7) is 7.09. The van der Waals surface area contributed by atoms with Gasteiger partial charge in [-0.3, -0.25) is 9.59 Å². The maximum atomic E-state index is 13.2. The highest BCUT2D eigenvalue weighted by atomic mass is 16.5. The summed E-state index contributed by atoms with van der Waals surface area (Å²) in [5.74, 6) is -1.26. The second-order valence-corrected chi connectivity index (χ2v) is 10.9. The van der Waals surface area contributed by atoms with E-state index in [4.69, 9.17) is 4.74 Å². The van der Waals surface area contributed by atoms with Crippen molar-refractivity contribution < 1.29 is 24.2 Å². The summed E-state index contributed by atoms with van der Waals surface area (Å²) in [7, 11) is 0. The fourth-order valence-electron chi connectivity index (χ4n) is 5.12. The maximum Gasteiger partial charge on any atom is 0.407 e. The van der Waals surface area contributed by atoms with Crippen molar-refractivity contribution in [1.82, 2.24) is 10.2 Å². The highest BCUT2D eigenvalue weighted by molar-refractivity contribution is 5.84. The van der Waals surface area contributed by atoms with Crippen LogP contribution in [0.5, 0.6) is 0 Å². The number of aliphatic carboxylic acids is 1. The van der Waals surface area contributed by atoms with E-state index in [1.807, 2.05) is 31.2 Å². The standard InChI is InChI=1S/C28H34N2O5/c1-27(2,3)30(16-25(32)33)24(31)15-28(4,18-13-14-18)29-26(34)35-17-23-21-11-7-5-9-19(21)20-10-6-8-12-22(20)23/h5-12,18,23H,13-17H2,1-4H3,(H,29,34)(H,32,33). The molecule has 4 rings (SSSR count). The summed E-state index contributed by atoms with van der Waals surface area (Å²) in [5, 5.41) is 12.3. The van der Waals surface area contributed by atoms with Gasteiger partial charge in [0.05, 0.1) is 12.0 Å². The Morgan fingerprint density at radius 1 is 0.971 bits per heavy atom. The van der Waals surface area contributed by atoms with Crippen LogP contribution in [0, 0.1) is 5.92 Å². The number of benzene rings is 2. The Morgan fingerprint density at radius 2 is 1.51 bits per heavy atom. The summed E-state index contributed by atoms with van der Waals surface area (Å²) in [6, 6.07) is 16.3. The van der Waals surface area contributed by atoms with Crippen molar-refractivity contribution >= 4 is 18.0 Å². The Balaban J connectivity index is 1.44. The molecule has 1 fully saturated rings. The fourth-order valence-corrected chi connectivity index (χ4v) is 5.12. The number of ether oxygens (including phenoxy) is 1. The molecule has 0 aromatic heterocycles. The molecule has 1 atom stereocenters. The first-order valence-corrected chi connectivity index (χ1v) is 12.1. The quantitative estimate of drug-likeness (QED) is 0.568. The molecule has 0 saturated heterocycles. The summed E-state index contributed by atoms with van der Waals surface area (Å²) in [5.41, 5.74) is 3.13. The lowest BCUT2D eigenvalue weighted by molar-refractivity contribution is -0.149. The van der Waals surface area contributed by atoms with E-state index < -0.39 is 23.1 Å². The van der Waals surface area contributed by atoms with Crippen LogP contribution in [-0.2, 0) is 14.3 Å². The summed E-state index contributed by atoms with van der Waals surface area (Å²) in [4.78, 5) is 38.8. The topological polar surface area (TPSA) is 95.9 Å². The summed E-state index contributed by atoms with van der Waals surface area (Å²) >= 11 is 0. The molecule has 2 aliphatic carbocycles. The highest BCUT2D eigenvalue weighted by Crippen LogP contribution is 2.45. The van der Waals surface area contributed by atoms with Crippen LogP contribution in [0.3, 0.4) is 0 Å². The molecule has 0 aliphatic heterocycles. The SMILES string of the molecule is CC(CC(=O)N(CC(=O)O)C(C)(C)C)(NC(=O)OCC1c2ccccc2-c2ccccc21)C1CC1. The van der Waals surface area contributed by atoms with Crippen LogP contribution in [0.25, 0.3) is 11.1 Å². The van der Waals surface area contributed by atoms with Gasteiger partial charge in [-0.05, 0) is 68.7 Å². The van der Waals surface area contributed by atoms with Crippen molar-refractivity contribution in [3.05, 3.63) is 59.7 Å². The smallest absolute Gasteiger partial charge is 0.407 e. The zero-order valence-corrected chi connectivity index (χ0v) is 20.8. The number of hydrogen-bond acceptors (Lipinski definition) is 4. The second-order valence-electron chi connectivity index (χ2n) is 10.9. The van der Waals surface area contributed by atoms with Gasteiger partial charge >= 0.3 is 12.1 Å². The summed E-state index contributed by atoms with van der Waals surface area (Å²) in [6.07, 6.45) is 1.27. The van der Waals surface area contributed by atoms with Gasteiger partial charge in [-0.1, -0.05) is 48.5 Å². The van der Waals surface area contributed by atoms with Crippen LogP contribution < -0.4 is 5.32 Å². The van der Waals surface area contributed by atoms with Gasteiger partial charge in [0.15, 0.2) is 0 Å². The zero-order valence-electron chi connectivity index (χ0n) is 20.8. The number of carboxylic acids is 1.